The quantitative estimate of drug-likeness (QED) is 0.686. The van der Waals surface area contributed by atoms with Crippen LogP contribution in [0.5, 0.6) is 0 Å². The van der Waals surface area contributed by atoms with Gasteiger partial charge >= 0.3 is 6.03 Å². The lowest BCUT2D eigenvalue weighted by atomic mass is 10.2. The number of urea groups is 1. The van der Waals surface area contributed by atoms with Crippen LogP contribution in [0.4, 0.5) is 14.9 Å². The van der Waals surface area contributed by atoms with Gasteiger partial charge in [0.25, 0.3) is 0 Å². The molecular weight excluding hydrogens is 341 g/mol. The number of hydrogen-bond donors (Lipinski definition) is 2. The fourth-order valence-electron chi connectivity index (χ4n) is 2.45. The Morgan fingerprint density at radius 1 is 1.04 bits per heavy atom. The molecule has 0 fully saturated rings. The van der Waals surface area contributed by atoms with Crippen LogP contribution in [-0.2, 0) is 13.1 Å². The Kier molecular flexibility index (Phi) is 5.36. The molecule has 4 nitrogen and oxygen atoms in total. The fraction of sp³-hybridized carbons (Fsp3) is 0.105. The second-order valence-corrected chi connectivity index (χ2v) is 5.95. The maximum Gasteiger partial charge on any atom is 0.319 e. The molecule has 0 aliphatic carbocycles. The minimum absolute atomic E-state index is 0.255. The van der Waals surface area contributed by atoms with Gasteiger partial charge < -0.3 is 15.2 Å². The smallest absolute Gasteiger partial charge is 0.319 e. The number of para-hydroxylation sites is 1. The number of hydrogen-bond acceptors (Lipinski definition) is 1. The van der Waals surface area contributed by atoms with Crippen LogP contribution in [0, 0.1) is 5.82 Å². The molecule has 0 bridgehead atoms. The first kappa shape index (κ1) is 17.0. The normalized spacial score (nSPS) is 10.5. The first-order valence-electron chi connectivity index (χ1n) is 7.79. The van der Waals surface area contributed by atoms with Crippen molar-refractivity contribution < 1.29 is 9.18 Å². The van der Waals surface area contributed by atoms with E-state index < -0.39 is 0 Å². The Morgan fingerprint density at radius 2 is 1.80 bits per heavy atom. The molecule has 6 heteroatoms. The molecular formula is C19H17ClFN3O. The van der Waals surface area contributed by atoms with Crippen LogP contribution in [0.2, 0.25) is 5.02 Å². The predicted molar refractivity (Wildman–Crippen MR) is 97.2 cm³/mol. The van der Waals surface area contributed by atoms with Crippen molar-refractivity contribution in [3.63, 3.8) is 0 Å². The number of anilines is 1. The van der Waals surface area contributed by atoms with Crippen LogP contribution in [-0.4, -0.2) is 10.6 Å². The minimum Gasteiger partial charge on any atom is -0.345 e. The van der Waals surface area contributed by atoms with Crippen LogP contribution in [0.1, 0.15) is 11.3 Å². The second-order valence-electron chi connectivity index (χ2n) is 5.54. The molecule has 1 aromatic heterocycles. The van der Waals surface area contributed by atoms with Crippen molar-refractivity contribution >= 4 is 23.3 Å². The standard InChI is InChI=1S/C19H17ClFN3O/c20-17-5-1-2-6-18(17)23-19(25)22-12-16-4-3-11-24(16)13-14-7-9-15(21)10-8-14/h1-11H,12-13H2,(H2,22,23,25). The van der Waals surface area contributed by atoms with E-state index in [1.807, 2.05) is 22.9 Å². The van der Waals surface area contributed by atoms with Gasteiger partial charge in [0, 0.05) is 18.4 Å². The zero-order valence-electron chi connectivity index (χ0n) is 13.4. The summed E-state index contributed by atoms with van der Waals surface area (Å²) < 4.78 is 15.0. The van der Waals surface area contributed by atoms with Gasteiger partial charge in [-0.3, -0.25) is 0 Å². The number of halogens is 2. The van der Waals surface area contributed by atoms with Gasteiger partial charge in [-0.15, -0.1) is 0 Å². The highest BCUT2D eigenvalue weighted by Crippen LogP contribution is 2.20. The van der Waals surface area contributed by atoms with Crippen LogP contribution < -0.4 is 10.6 Å². The van der Waals surface area contributed by atoms with Gasteiger partial charge in [0.1, 0.15) is 5.82 Å². The van der Waals surface area contributed by atoms with Gasteiger partial charge in [-0.25, -0.2) is 9.18 Å². The number of carbonyl (C=O) groups is 1. The van der Waals surface area contributed by atoms with Crippen molar-refractivity contribution in [2.24, 2.45) is 0 Å². The topological polar surface area (TPSA) is 46.1 Å². The van der Waals surface area contributed by atoms with Crippen molar-refractivity contribution in [1.82, 2.24) is 9.88 Å². The Bertz CT molecular complexity index is 861. The average Bonchev–Trinajstić information content (AvgIpc) is 3.04. The second kappa shape index (κ2) is 7.85. The highest BCUT2D eigenvalue weighted by molar-refractivity contribution is 6.33. The SMILES string of the molecule is O=C(NCc1cccn1Cc1ccc(F)cc1)Nc1ccccc1Cl. The van der Waals surface area contributed by atoms with Gasteiger partial charge in [-0.05, 0) is 42.0 Å². The lowest BCUT2D eigenvalue weighted by Crippen LogP contribution is -2.29. The molecule has 1 heterocycles. The number of nitrogens with zero attached hydrogens (tertiary/aromatic N) is 1. The van der Waals surface area contributed by atoms with Crippen molar-refractivity contribution in [2.45, 2.75) is 13.1 Å². The monoisotopic (exact) mass is 357 g/mol. The molecule has 0 unspecified atom stereocenters. The largest absolute Gasteiger partial charge is 0.345 e. The molecule has 0 spiro atoms. The Morgan fingerprint density at radius 3 is 2.56 bits per heavy atom. The summed E-state index contributed by atoms with van der Waals surface area (Å²) in [5.41, 5.74) is 2.49. The van der Waals surface area contributed by atoms with Crippen molar-refractivity contribution in [3.8, 4) is 0 Å². The Hall–Kier alpha value is -2.79. The third-order valence-electron chi connectivity index (χ3n) is 3.74. The number of rotatable bonds is 5. The number of nitrogens with one attached hydrogen (secondary N) is 2. The first-order valence-corrected chi connectivity index (χ1v) is 8.17. The maximum atomic E-state index is 13.0. The number of carbonyl (C=O) groups excluding carboxylic acids is 1. The van der Waals surface area contributed by atoms with Gasteiger partial charge in [0.2, 0.25) is 0 Å². The molecule has 128 valence electrons. The van der Waals surface area contributed by atoms with E-state index in [4.69, 9.17) is 11.6 Å². The van der Waals surface area contributed by atoms with Crippen molar-refractivity contribution in [1.29, 1.82) is 0 Å². The van der Waals surface area contributed by atoms with Crippen LogP contribution >= 0.6 is 11.6 Å². The molecule has 25 heavy (non-hydrogen) atoms. The van der Waals surface area contributed by atoms with E-state index in [0.717, 1.165) is 11.3 Å². The Balaban J connectivity index is 1.59. The summed E-state index contributed by atoms with van der Waals surface area (Å²) >= 11 is 6.02. The Labute approximate surface area is 150 Å². The zero-order chi connectivity index (χ0) is 17.6. The molecule has 0 radical (unpaired) electrons. The summed E-state index contributed by atoms with van der Waals surface area (Å²) in [4.78, 5) is 12.0. The molecule has 0 saturated carbocycles. The predicted octanol–water partition coefficient (Wildman–Crippen LogP) is 4.65. The third-order valence-corrected chi connectivity index (χ3v) is 4.07. The van der Waals surface area contributed by atoms with Crippen LogP contribution in [0.3, 0.4) is 0 Å². The zero-order valence-corrected chi connectivity index (χ0v) is 14.1. The highest BCUT2D eigenvalue weighted by Gasteiger charge is 2.07. The number of aromatic nitrogens is 1. The molecule has 0 aliphatic rings. The van der Waals surface area contributed by atoms with Gasteiger partial charge in [-0.2, -0.15) is 0 Å². The van der Waals surface area contributed by atoms with E-state index in [2.05, 4.69) is 10.6 Å². The molecule has 3 rings (SSSR count). The first-order chi connectivity index (χ1) is 12.1. The summed E-state index contributed by atoms with van der Waals surface area (Å²) in [5.74, 6) is -0.255. The lowest BCUT2D eigenvalue weighted by Gasteiger charge is -2.12. The van der Waals surface area contributed by atoms with E-state index in [0.29, 0.717) is 23.8 Å². The van der Waals surface area contributed by atoms with Gasteiger partial charge in [0.05, 0.1) is 17.3 Å². The molecule has 3 aromatic rings. The number of benzene rings is 2. The summed E-state index contributed by atoms with van der Waals surface area (Å²) in [6.07, 6.45) is 1.92. The average molecular weight is 358 g/mol. The molecule has 2 N–H and O–H groups in total. The van der Waals surface area contributed by atoms with E-state index >= 15 is 0 Å². The fourth-order valence-corrected chi connectivity index (χ4v) is 2.63. The summed E-state index contributed by atoms with van der Waals surface area (Å²) in [6, 6.07) is 16.9. The summed E-state index contributed by atoms with van der Waals surface area (Å²) in [5, 5.41) is 6.01. The highest BCUT2D eigenvalue weighted by atomic mass is 35.5. The van der Waals surface area contributed by atoms with Crippen molar-refractivity contribution in [2.75, 3.05) is 5.32 Å². The van der Waals surface area contributed by atoms with Crippen LogP contribution in [0.15, 0.2) is 66.9 Å². The van der Waals surface area contributed by atoms with E-state index in [-0.39, 0.29) is 11.8 Å². The molecule has 2 aromatic carbocycles. The maximum absolute atomic E-state index is 13.0. The van der Waals surface area contributed by atoms with E-state index in [9.17, 15) is 9.18 Å². The minimum atomic E-state index is -0.331. The molecule has 0 aliphatic heterocycles. The van der Waals surface area contributed by atoms with E-state index in [1.54, 1.807) is 36.4 Å². The lowest BCUT2D eigenvalue weighted by molar-refractivity contribution is 0.251. The van der Waals surface area contributed by atoms with Gasteiger partial charge in [0.15, 0.2) is 0 Å². The van der Waals surface area contributed by atoms with Crippen molar-refractivity contribution in [3.05, 3.63) is 89.0 Å². The summed E-state index contributed by atoms with van der Waals surface area (Å²) in [6.45, 7) is 0.973. The number of amides is 2. The van der Waals surface area contributed by atoms with Gasteiger partial charge in [-0.1, -0.05) is 35.9 Å². The third kappa shape index (κ3) is 4.61. The molecule has 2 amide bonds. The summed E-state index contributed by atoms with van der Waals surface area (Å²) in [7, 11) is 0. The van der Waals surface area contributed by atoms with E-state index in [1.165, 1.54) is 12.1 Å². The molecule has 0 atom stereocenters. The molecule has 0 saturated heterocycles. The van der Waals surface area contributed by atoms with Crippen LogP contribution in [0.25, 0.3) is 0 Å².